The summed E-state index contributed by atoms with van der Waals surface area (Å²) in [5.41, 5.74) is 1.84. The summed E-state index contributed by atoms with van der Waals surface area (Å²) in [4.78, 5) is 55.4. The van der Waals surface area contributed by atoms with Crippen LogP contribution < -0.4 is 0 Å². The van der Waals surface area contributed by atoms with Gasteiger partial charge in [-0.3, -0.25) is 0 Å². The summed E-state index contributed by atoms with van der Waals surface area (Å²) in [7, 11) is 0. The molecule has 0 spiro atoms. The van der Waals surface area contributed by atoms with E-state index in [2.05, 4.69) is 4.98 Å². The summed E-state index contributed by atoms with van der Waals surface area (Å²) >= 11 is 0. The molecule has 43 heavy (non-hydrogen) atoms. The van der Waals surface area contributed by atoms with E-state index in [0.29, 0.717) is 11.1 Å². The molecule has 9 nitrogen and oxygen atoms in total. The molecule has 0 amide bonds. The Morgan fingerprint density at radius 2 is 1.07 bits per heavy atom. The number of aromatic nitrogens is 1. The zero-order chi connectivity index (χ0) is 30.6. The first-order valence-corrected chi connectivity index (χ1v) is 13.6. The van der Waals surface area contributed by atoms with Gasteiger partial charge in [-0.15, -0.1) is 0 Å². The lowest BCUT2D eigenvalue weighted by molar-refractivity contribution is -0.148. The Kier molecular flexibility index (Phi) is 10.6. The average molecular weight is 582 g/mol. The van der Waals surface area contributed by atoms with Crippen LogP contribution in [-0.4, -0.2) is 35.5 Å². The second-order valence-electron chi connectivity index (χ2n) is 9.38. The molecule has 0 aliphatic rings. The molecule has 0 aliphatic heterocycles. The van der Waals surface area contributed by atoms with E-state index in [1.807, 2.05) is 30.3 Å². The van der Waals surface area contributed by atoms with Crippen LogP contribution in [0.4, 0.5) is 0 Å². The Morgan fingerprint density at radius 1 is 0.628 bits per heavy atom. The molecule has 1 aromatic heterocycles. The van der Waals surface area contributed by atoms with Crippen molar-refractivity contribution in [3.8, 4) is 0 Å². The van der Waals surface area contributed by atoms with E-state index in [1.54, 1.807) is 74.5 Å². The fourth-order valence-electron chi connectivity index (χ4n) is 4.14. The Balaban J connectivity index is 1.69. The van der Waals surface area contributed by atoms with Crippen molar-refractivity contribution in [2.45, 2.75) is 33.7 Å². The van der Waals surface area contributed by atoms with Crippen molar-refractivity contribution < 1.29 is 38.1 Å². The van der Waals surface area contributed by atoms with Crippen molar-refractivity contribution in [3.05, 3.63) is 136 Å². The van der Waals surface area contributed by atoms with Gasteiger partial charge in [-0.1, -0.05) is 91.0 Å². The van der Waals surface area contributed by atoms with E-state index in [0.717, 1.165) is 11.6 Å². The summed E-state index contributed by atoms with van der Waals surface area (Å²) < 4.78 is 21.5. The molecule has 220 valence electrons. The van der Waals surface area contributed by atoms with Crippen LogP contribution in [0, 0.1) is 6.92 Å². The molecule has 0 saturated heterocycles. The first-order valence-electron chi connectivity index (χ1n) is 13.6. The fourth-order valence-corrected chi connectivity index (χ4v) is 4.14. The van der Waals surface area contributed by atoms with E-state index in [-0.39, 0.29) is 48.9 Å². The third-order valence-electron chi connectivity index (χ3n) is 6.33. The topological polar surface area (TPSA) is 121 Å². The highest BCUT2D eigenvalue weighted by molar-refractivity contribution is 6.18. The summed E-state index contributed by atoms with van der Waals surface area (Å²) in [6.45, 7) is 3.04. The van der Waals surface area contributed by atoms with Crippen molar-refractivity contribution in [3.63, 3.8) is 0 Å². The molecule has 0 saturated carbocycles. The minimum atomic E-state index is -0.976. The van der Waals surface area contributed by atoms with Crippen molar-refractivity contribution in [1.29, 1.82) is 0 Å². The van der Waals surface area contributed by atoms with Crippen LogP contribution in [-0.2, 0) is 48.4 Å². The van der Waals surface area contributed by atoms with E-state index in [1.165, 1.54) is 0 Å². The minimum Gasteiger partial charge on any atom is -0.461 e. The molecular formula is C34H31NO8. The second kappa shape index (κ2) is 15.0. The number of carbonyl (C=O) groups is 4. The Morgan fingerprint density at radius 3 is 1.51 bits per heavy atom. The fraction of sp³-hybridized carbons (Fsp3) is 0.176. The predicted octanol–water partition coefficient (Wildman–Crippen LogP) is 5.73. The first kappa shape index (κ1) is 30.5. The minimum absolute atomic E-state index is 0.0121. The Labute approximate surface area is 249 Å². The van der Waals surface area contributed by atoms with Gasteiger partial charge in [0, 0.05) is 0 Å². The van der Waals surface area contributed by atoms with Gasteiger partial charge >= 0.3 is 23.9 Å². The lowest BCUT2D eigenvalue weighted by atomic mass is 10.1. The molecular weight excluding hydrogens is 550 g/mol. The molecule has 0 unspecified atom stereocenters. The number of ether oxygens (including phenoxy) is 4. The summed E-state index contributed by atoms with van der Waals surface area (Å²) in [6, 6.07) is 26.9. The quantitative estimate of drug-likeness (QED) is 0.0741. The number of aromatic amines is 1. The summed E-state index contributed by atoms with van der Waals surface area (Å²) in [5, 5.41) is 0. The standard InChI is InChI=1S/C34H31NO8/c1-3-40-34(39)30-23(2)29(33(38)43-22-26-17-11-6-12-18-26)28(35-30)19-27(31(36)41-20-24-13-7-4-8-14-24)32(37)42-21-25-15-9-5-10-16-25/h4-19,35H,3,20-22H2,1-2H3. The molecule has 0 atom stereocenters. The molecule has 0 bridgehead atoms. The molecule has 1 heterocycles. The number of rotatable bonds is 12. The summed E-state index contributed by atoms with van der Waals surface area (Å²) in [5.74, 6) is -3.43. The molecule has 4 rings (SSSR count). The van der Waals surface area contributed by atoms with Gasteiger partial charge in [0.25, 0.3) is 0 Å². The lowest BCUT2D eigenvalue weighted by Gasteiger charge is -2.10. The largest absolute Gasteiger partial charge is 0.461 e. The third kappa shape index (κ3) is 8.29. The third-order valence-corrected chi connectivity index (χ3v) is 6.33. The average Bonchev–Trinajstić information content (AvgIpc) is 3.37. The maximum Gasteiger partial charge on any atom is 0.355 e. The van der Waals surface area contributed by atoms with E-state index >= 15 is 0 Å². The van der Waals surface area contributed by atoms with Crippen LogP contribution >= 0.6 is 0 Å². The highest BCUT2D eigenvalue weighted by atomic mass is 16.6. The van der Waals surface area contributed by atoms with Gasteiger partial charge in [-0.2, -0.15) is 0 Å². The normalized spacial score (nSPS) is 10.4. The van der Waals surface area contributed by atoms with Gasteiger partial charge in [0.15, 0.2) is 0 Å². The zero-order valence-electron chi connectivity index (χ0n) is 23.8. The van der Waals surface area contributed by atoms with Gasteiger partial charge in [0.05, 0.1) is 17.9 Å². The van der Waals surface area contributed by atoms with Crippen LogP contribution in [0.15, 0.2) is 96.6 Å². The molecule has 4 aromatic rings. The van der Waals surface area contributed by atoms with Gasteiger partial charge < -0.3 is 23.9 Å². The highest BCUT2D eigenvalue weighted by Gasteiger charge is 2.28. The van der Waals surface area contributed by atoms with Crippen molar-refractivity contribution in [2.24, 2.45) is 0 Å². The Hall–Kier alpha value is -5.44. The molecule has 0 radical (unpaired) electrons. The molecule has 3 aromatic carbocycles. The SMILES string of the molecule is CCOC(=O)c1[nH]c(C=C(C(=O)OCc2ccccc2)C(=O)OCc2ccccc2)c(C(=O)OCc2ccccc2)c1C. The smallest absolute Gasteiger partial charge is 0.355 e. The molecule has 9 heteroatoms. The van der Waals surface area contributed by atoms with Crippen molar-refractivity contribution in [1.82, 2.24) is 4.98 Å². The van der Waals surface area contributed by atoms with Gasteiger partial charge in [-0.05, 0) is 42.2 Å². The van der Waals surface area contributed by atoms with E-state index < -0.39 is 29.5 Å². The van der Waals surface area contributed by atoms with Crippen LogP contribution in [0.3, 0.4) is 0 Å². The second-order valence-corrected chi connectivity index (χ2v) is 9.38. The van der Waals surface area contributed by atoms with Crippen molar-refractivity contribution in [2.75, 3.05) is 6.61 Å². The maximum atomic E-state index is 13.3. The summed E-state index contributed by atoms with van der Waals surface area (Å²) in [6.07, 6.45) is 1.13. The van der Waals surface area contributed by atoms with Crippen molar-refractivity contribution >= 4 is 30.0 Å². The number of hydrogen-bond acceptors (Lipinski definition) is 8. The highest BCUT2D eigenvalue weighted by Crippen LogP contribution is 2.24. The Bertz CT molecular complexity index is 1530. The first-order chi connectivity index (χ1) is 20.9. The van der Waals surface area contributed by atoms with Crippen LogP contribution in [0.2, 0.25) is 0 Å². The molecule has 0 fully saturated rings. The van der Waals surface area contributed by atoms with E-state index in [4.69, 9.17) is 18.9 Å². The van der Waals surface area contributed by atoms with Crippen LogP contribution in [0.1, 0.15) is 55.7 Å². The van der Waals surface area contributed by atoms with Gasteiger partial charge in [0.2, 0.25) is 0 Å². The molecule has 0 aliphatic carbocycles. The monoisotopic (exact) mass is 581 g/mol. The predicted molar refractivity (Wildman–Crippen MR) is 158 cm³/mol. The lowest BCUT2D eigenvalue weighted by Crippen LogP contribution is -2.19. The number of benzene rings is 3. The maximum absolute atomic E-state index is 13.3. The number of esters is 4. The van der Waals surface area contributed by atoms with Gasteiger partial charge in [-0.25, -0.2) is 19.2 Å². The van der Waals surface area contributed by atoms with Crippen LogP contribution in [0.25, 0.3) is 6.08 Å². The number of carbonyl (C=O) groups excluding carboxylic acids is 4. The van der Waals surface area contributed by atoms with Gasteiger partial charge in [0.1, 0.15) is 31.1 Å². The van der Waals surface area contributed by atoms with Crippen LogP contribution in [0.5, 0.6) is 0 Å². The molecule has 1 N–H and O–H groups in total. The number of nitrogens with one attached hydrogen (secondary N) is 1. The number of hydrogen-bond donors (Lipinski definition) is 1. The number of H-pyrrole nitrogens is 1. The zero-order valence-corrected chi connectivity index (χ0v) is 23.8. The van der Waals surface area contributed by atoms with E-state index in [9.17, 15) is 19.2 Å².